The van der Waals surface area contributed by atoms with Crippen LogP contribution in [0, 0.1) is 6.92 Å². The van der Waals surface area contributed by atoms with Crippen molar-refractivity contribution < 1.29 is 22.8 Å². The van der Waals surface area contributed by atoms with Gasteiger partial charge in [0.25, 0.3) is 0 Å². The molecule has 0 aliphatic heterocycles. The van der Waals surface area contributed by atoms with Crippen molar-refractivity contribution in [2.24, 2.45) is 0 Å². The van der Waals surface area contributed by atoms with E-state index in [4.69, 9.17) is 0 Å². The highest BCUT2D eigenvalue weighted by Gasteiger charge is 2.30. The van der Waals surface area contributed by atoms with Crippen molar-refractivity contribution in [1.82, 2.24) is 4.90 Å². The topological polar surface area (TPSA) is 49.4 Å². The number of alkyl halides is 3. The SMILES string of the molecule is Cc1ccc(NC(=O)CN(C)C(=O)Cc2ccc(C(F)(F)F)cc2)cc1. The first kappa shape index (κ1) is 19.5. The maximum absolute atomic E-state index is 12.5. The van der Waals surface area contributed by atoms with Gasteiger partial charge in [-0.2, -0.15) is 13.2 Å². The van der Waals surface area contributed by atoms with Gasteiger partial charge in [0.05, 0.1) is 18.5 Å². The zero-order valence-electron chi connectivity index (χ0n) is 14.4. The van der Waals surface area contributed by atoms with Crippen LogP contribution in [-0.4, -0.2) is 30.3 Å². The van der Waals surface area contributed by atoms with Crippen LogP contribution in [0.3, 0.4) is 0 Å². The Morgan fingerprint density at radius 1 is 1.00 bits per heavy atom. The molecule has 0 aliphatic rings. The Bertz CT molecular complexity index is 769. The lowest BCUT2D eigenvalue weighted by Crippen LogP contribution is -2.35. The van der Waals surface area contributed by atoms with Crippen molar-refractivity contribution in [2.75, 3.05) is 18.9 Å². The molecule has 2 rings (SSSR count). The van der Waals surface area contributed by atoms with E-state index in [0.29, 0.717) is 11.3 Å². The number of nitrogens with zero attached hydrogens (tertiary/aromatic N) is 1. The summed E-state index contributed by atoms with van der Waals surface area (Å²) in [5.41, 5.74) is 1.38. The second kappa shape index (κ2) is 8.03. The second-order valence-electron chi connectivity index (χ2n) is 6.04. The van der Waals surface area contributed by atoms with Crippen LogP contribution in [-0.2, 0) is 22.2 Å². The van der Waals surface area contributed by atoms with Crippen LogP contribution in [0.1, 0.15) is 16.7 Å². The average molecular weight is 364 g/mol. The van der Waals surface area contributed by atoms with Gasteiger partial charge in [-0.1, -0.05) is 29.8 Å². The highest BCUT2D eigenvalue weighted by atomic mass is 19.4. The fourth-order valence-corrected chi connectivity index (χ4v) is 2.26. The number of amides is 2. The van der Waals surface area contributed by atoms with Gasteiger partial charge in [-0.25, -0.2) is 0 Å². The van der Waals surface area contributed by atoms with Crippen molar-refractivity contribution >= 4 is 17.5 Å². The molecule has 7 heteroatoms. The molecule has 138 valence electrons. The van der Waals surface area contributed by atoms with E-state index in [-0.39, 0.29) is 24.8 Å². The quantitative estimate of drug-likeness (QED) is 0.880. The van der Waals surface area contributed by atoms with Gasteiger partial charge in [-0.15, -0.1) is 0 Å². The fraction of sp³-hybridized carbons (Fsp3) is 0.263. The lowest BCUT2D eigenvalue weighted by atomic mass is 10.1. The van der Waals surface area contributed by atoms with E-state index in [9.17, 15) is 22.8 Å². The van der Waals surface area contributed by atoms with Gasteiger partial charge >= 0.3 is 6.18 Å². The minimum Gasteiger partial charge on any atom is -0.336 e. The number of carbonyl (C=O) groups is 2. The molecule has 0 unspecified atom stereocenters. The van der Waals surface area contributed by atoms with Gasteiger partial charge in [0.2, 0.25) is 11.8 Å². The molecule has 0 fully saturated rings. The predicted octanol–water partition coefficient (Wildman–Crippen LogP) is 3.65. The van der Waals surface area contributed by atoms with Crippen LogP contribution in [0.4, 0.5) is 18.9 Å². The Labute approximate surface area is 149 Å². The van der Waals surface area contributed by atoms with Crippen LogP contribution in [0.15, 0.2) is 48.5 Å². The van der Waals surface area contributed by atoms with Gasteiger partial charge in [0.15, 0.2) is 0 Å². The lowest BCUT2D eigenvalue weighted by Gasteiger charge is -2.17. The minimum absolute atomic E-state index is 0.0769. The van der Waals surface area contributed by atoms with Crippen molar-refractivity contribution in [1.29, 1.82) is 0 Å². The smallest absolute Gasteiger partial charge is 0.336 e. The molecule has 0 heterocycles. The first-order valence-corrected chi connectivity index (χ1v) is 7.92. The number of hydrogen-bond donors (Lipinski definition) is 1. The monoisotopic (exact) mass is 364 g/mol. The zero-order valence-corrected chi connectivity index (χ0v) is 14.4. The number of likely N-dealkylation sites (N-methyl/N-ethyl adjacent to an activating group) is 1. The van der Waals surface area contributed by atoms with Crippen LogP contribution >= 0.6 is 0 Å². The predicted molar refractivity (Wildman–Crippen MR) is 92.6 cm³/mol. The molecular weight excluding hydrogens is 345 g/mol. The summed E-state index contributed by atoms with van der Waals surface area (Å²) in [5, 5.41) is 2.69. The van der Waals surface area contributed by atoms with Crippen molar-refractivity contribution in [2.45, 2.75) is 19.5 Å². The van der Waals surface area contributed by atoms with Gasteiger partial charge < -0.3 is 10.2 Å². The third kappa shape index (κ3) is 5.61. The average Bonchev–Trinajstić information content (AvgIpc) is 2.56. The maximum atomic E-state index is 12.5. The number of anilines is 1. The van der Waals surface area contributed by atoms with E-state index in [0.717, 1.165) is 17.7 Å². The number of benzene rings is 2. The van der Waals surface area contributed by atoms with Crippen LogP contribution < -0.4 is 5.32 Å². The van der Waals surface area contributed by atoms with Crippen LogP contribution in [0.5, 0.6) is 0 Å². The Hall–Kier alpha value is -2.83. The second-order valence-corrected chi connectivity index (χ2v) is 6.04. The third-order valence-electron chi connectivity index (χ3n) is 3.78. The molecule has 0 saturated carbocycles. The van der Waals surface area contributed by atoms with E-state index in [1.807, 2.05) is 19.1 Å². The first-order chi connectivity index (χ1) is 12.1. The Balaban J connectivity index is 1.88. The Kier molecular flexibility index (Phi) is 6.02. The summed E-state index contributed by atoms with van der Waals surface area (Å²) in [6, 6.07) is 11.6. The summed E-state index contributed by atoms with van der Waals surface area (Å²) < 4.78 is 37.6. The number of carbonyl (C=O) groups excluding carboxylic acids is 2. The Morgan fingerprint density at radius 3 is 2.12 bits per heavy atom. The minimum atomic E-state index is -4.41. The summed E-state index contributed by atoms with van der Waals surface area (Å²) in [5.74, 6) is -0.707. The highest BCUT2D eigenvalue weighted by molar-refractivity contribution is 5.94. The molecule has 0 aromatic heterocycles. The molecule has 4 nitrogen and oxygen atoms in total. The Morgan fingerprint density at radius 2 is 1.58 bits per heavy atom. The summed E-state index contributed by atoms with van der Waals surface area (Å²) in [4.78, 5) is 25.4. The van der Waals surface area contributed by atoms with Gasteiger partial charge in [0.1, 0.15) is 0 Å². The third-order valence-corrected chi connectivity index (χ3v) is 3.78. The van der Waals surface area contributed by atoms with Crippen LogP contribution in [0.25, 0.3) is 0 Å². The number of nitrogens with one attached hydrogen (secondary N) is 1. The number of halogens is 3. The maximum Gasteiger partial charge on any atom is 0.416 e. The van der Waals surface area contributed by atoms with E-state index in [1.54, 1.807) is 12.1 Å². The summed E-state index contributed by atoms with van der Waals surface area (Å²) in [6.45, 7) is 1.78. The molecular formula is C19H19F3N2O2. The molecule has 0 saturated heterocycles. The summed E-state index contributed by atoms with van der Waals surface area (Å²) in [7, 11) is 1.47. The highest BCUT2D eigenvalue weighted by Crippen LogP contribution is 2.29. The first-order valence-electron chi connectivity index (χ1n) is 7.92. The largest absolute Gasteiger partial charge is 0.416 e. The molecule has 1 N–H and O–H groups in total. The number of aryl methyl sites for hydroxylation is 1. The number of hydrogen-bond acceptors (Lipinski definition) is 2. The van der Waals surface area contributed by atoms with E-state index >= 15 is 0 Å². The molecule has 0 radical (unpaired) electrons. The van der Waals surface area contributed by atoms with Crippen molar-refractivity contribution in [3.8, 4) is 0 Å². The normalized spacial score (nSPS) is 11.1. The fourth-order valence-electron chi connectivity index (χ4n) is 2.26. The molecule has 0 bridgehead atoms. The van der Waals surface area contributed by atoms with E-state index in [1.165, 1.54) is 24.1 Å². The molecule has 0 atom stereocenters. The summed E-state index contributed by atoms with van der Waals surface area (Å²) in [6.07, 6.45) is -4.49. The van der Waals surface area contributed by atoms with Crippen molar-refractivity contribution in [3.05, 3.63) is 65.2 Å². The number of rotatable bonds is 5. The lowest BCUT2D eigenvalue weighted by molar-refractivity contribution is -0.137. The van der Waals surface area contributed by atoms with Gasteiger partial charge in [0, 0.05) is 12.7 Å². The van der Waals surface area contributed by atoms with E-state index < -0.39 is 11.7 Å². The summed E-state index contributed by atoms with van der Waals surface area (Å²) >= 11 is 0. The zero-order chi connectivity index (χ0) is 19.3. The van der Waals surface area contributed by atoms with Gasteiger partial charge in [-0.05, 0) is 36.8 Å². The molecule has 0 aliphatic carbocycles. The van der Waals surface area contributed by atoms with E-state index in [2.05, 4.69) is 5.32 Å². The molecule has 0 spiro atoms. The molecule has 2 amide bonds. The van der Waals surface area contributed by atoms with Gasteiger partial charge in [-0.3, -0.25) is 9.59 Å². The molecule has 2 aromatic carbocycles. The molecule has 26 heavy (non-hydrogen) atoms. The van der Waals surface area contributed by atoms with Crippen molar-refractivity contribution in [3.63, 3.8) is 0 Å². The van der Waals surface area contributed by atoms with Crippen LogP contribution in [0.2, 0.25) is 0 Å². The standard InChI is InChI=1S/C19H19F3N2O2/c1-13-3-9-16(10-4-13)23-17(25)12-24(2)18(26)11-14-5-7-15(8-6-14)19(20,21)22/h3-10H,11-12H2,1-2H3,(H,23,25). The molecule has 2 aromatic rings.